The van der Waals surface area contributed by atoms with E-state index in [1.165, 1.54) is 5.56 Å². The average Bonchev–Trinajstić information content (AvgIpc) is 3.06. The molecule has 0 radical (unpaired) electrons. The standard InChI is InChI=1S/C15H12Cl2N2OS/c1-2-8-6-7-21-14(8)13-12(15(18)20-19-13)11-9(16)4-3-5-10(11)17/h3-7H,2,18H2,1H3. The maximum atomic E-state index is 6.29. The smallest absolute Gasteiger partial charge is 0.230 e. The van der Waals surface area contributed by atoms with Crippen LogP contribution in [0.3, 0.4) is 0 Å². The Hall–Kier alpha value is -1.49. The molecule has 108 valence electrons. The normalized spacial score (nSPS) is 11.0. The van der Waals surface area contributed by atoms with E-state index in [2.05, 4.69) is 18.1 Å². The van der Waals surface area contributed by atoms with E-state index in [0.717, 1.165) is 11.3 Å². The SMILES string of the molecule is CCc1ccsc1-c1noc(N)c1-c1c(Cl)cccc1Cl. The maximum absolute atomic E-state index is 6.29. The van der Waals surface area contributed by atoms with E-state index in [9.17, 15) is 0 Å². The van der Waals surface area contributed by atoms with Crippen LogP contribution in [0.5, 0.6) is 0 Å². The van der Waals surface area contributed by atoms with Gasteiger partial charge in [0.25, 0.3) is 0 Å². The fourth-order valence-electron chi connectivity index (χ4n) is 2.26. The summed E-state index contributed by atoms with van der Waals surface area (Å²) in [5, 5.41) is 7.19. The van der Waals surface area contributed by atoms with Crippen molar-refractivity contribution in [3.63, 3.8) is 0 Å². The highest BCUT2D eigenvalue weighted by Gasteiger charge is 2.23. The molecule has 2 N–H and O–H groups in total. The van der Waals surface area contributed by atoms with Gasteiger partial charge in [-0.2, -0.15) is 0 Å². The quantitative estimate of drug-likeness (QED) is 0.683. The maximum Gasteiger partial charge on any atom is 0.230 e. The topological polar surface area (TPSA) is 52.0 Å². The number of anilines is 1. The van der Waals surface area contributed by atoms with Crippen molar-refractivity contribution in [2.45, 2.75) is 13.3 Å². The van der Waals surface area contributed by atoms with Crippen LogP contribution in [0.4, 0.5) is 5.88 Å². The molecule has 1 aromatic carbocycles. The number of nitrogen functional groups attached to an aromatic ring is 1. The second kappa shape index (κ2) is 5.72. The summed E-state index contributed by atoms with van der Waals surface area (Å²) in [4.78, 5) is 1.03. The molecule has 2 heterocycles. The molecule has 0 spiro atoms. The third-order valence-electron chi connectivity index (χ3n) is 3.27. The number of hydrogen-bond donors (Lipinski definition) is 1. The molecule has 0 saturated carbocycles. The predicted molar refractivity (Wildman–Crippen MR) is 89.1 cm³/mol. The summed E-state index contributed by atoms with van der Waals surface area (Å²) in [5.74, 6) is 0.218. The van der Waals surface area contributed by atoms with Crippen molar-refractivity contribution in [2.24, 2.45) is 0 Å². The summed E-state index contributed by atoms with van der Waals surface area (Å²) in [6, 6.07) is 7.41. The fourth-order valence-corrected chi connectivity index (χ4v) is 3.83. The Morgan fingerprint density at radius 2 is 1.90 bits per heavy atom. The van der Waals surface area contributed by atoms with Crippen molar-refractivity contribution in [1.82, 2.24) is 5.16 Å². The van der Waals surface area contributed by atoms with Crippen molar-refractivity contribution >= 4 is 40.4 Å². The molecular formula is C15H12Cl2N2OS. The van der Waals surface area contributed by atoms with Crippen LogP contribution >= 0.6 is 34.5 Å². The first kappa shape index (κ1) is 14.4. The third kappa shape index (κ3) is 2.44. The molecule has 6 heteroatoms. The number of rotatable bonds is 3. The summed E-state index contributed by atoms with van der Waals surface area (Å²) in [7, 11) is 0. The Morgan fingerprint density at radius 1 is 1.19 bits per heavy atom. The van der Waals surface area contributed by atoms with Gasteiger partial charge < -0.3 is 10.3 Å². The van der Waals surface area contributed by atoms with E-state index in [1.807, 2.05) is 5.38 Å². The summed E-state index contributed by atoms with van der Waals surface area (Å²) in [5.41, 5.74) is 9.16. The van der Waals surface area contributed by atoms with Crippen LogP contribution in [0.1, 0.15) is 12.5 Å². The van der Waals surface area contributed by atoms with Crippen LogP contribution in [-0.4, -0.2) is 5.16 Å². The van der Waals surface area contributed by atoms with Gasteiger partial charge in [-0.05, 0) is 35.6 Å². The monoisotopic (exact) mass is 338 g/mol. The first-order chi connectivity index (χ1) is 10.1. The zero-order valence-electron chi connectivity index (χ0n) is 11.2. The lowest BCUT2D eigenvalue weighted by Gasteiger charge is -2.07. The second-order valence-corrected chi connectivity index (χ2v) is 6.23. The number of halogens is 2. The molecule has 21 heavy (non-hydrogen) atoms. The molecular weight excluding hydrogens is 327 g/mol. The molecule has 2 aromatic heterocycles. The lowest BCUT2D eigenvalue weighted by molar-refractivity contribution is 0.439. The van der Waals surface area contributed by atoms with Gasteiger partial charge in [0.2, 0.25) is 5.88 Å². The molecule has 0 saturated heterocycles. The van der Waals surface area contributed by atoms with Gasteiger partial charge in [-0.15, -0.1) is 11.3 Å². The van der Waals surface area contributed by atoms with E-state index in [0.29, 0.717) is 26.9 Å². The van der Waals surface area contributed by atoms with E-state index >= 15 is 0 Å². The van der Waals surface area contributed by atoms with E-state index in [4.69, 9.17) is 33.5 Å². The molecule has 0 aliphatic heterocycles. The molecule has 0 bridgehead atoms. The Morgan fingerprint density at radius 3 is 2.57 bits per heavy atom. The molecule has 0 aliphatic carbocycles. The molecule has 3 nitrogen and oxygen atoms in total. The summed E-state index contributed by atoms with van der Waals surface area (Å²) < 4.78 is 5.20. The largest absolute Gasteiger partial charge is 0.367 e. The van der Waals surface area contributed by atoms with Gasteiger partial charge in [-0.25, -0.2) is 0 Å². The van der Waals surface area contributed by atoms with Gasteiger partial charge in [0.15, 0.2) is 0 Å². The van der Waals surface area contributed by atoms with Gasteiger partial charge in [-0.3, -0.25) is 0 Å². The molecule has 0 amide bonds. The van der Waals surface area contributed by atoms with Gasteiger partial charge in [0.05, 0.1) is 20.5 Å². The van der Waals surface area contributed by atoms with Crippen molar-refractivity contribution in [1.29, 1.82) is 0 Å². The van der Waals surface area contributed by atoms with E-state index < -0.39 is 0 Å². The lowest BCUT2D eigenvalue weighted by atomic mass is 10.0. The molecule has 0 fully saturated rings. The Kier molecular flexibility index (Phi) is 3.93. The summed E-state index contributed by atoms with van der Waals surface area (Å²) in [6.07, 6.45) is 0.904. The number of aryl methyl sites for hydroxylation is 1. The van der Waals surface area contributed by atoms with Crippen molar-refractivity contribution in [2.75, 3.05) is 5.73 Å². The molecule has 0 aliphatic rings. The second-order valence-electron chi connectivity index (χ2n) is 4.50. The first-order valence-electron chi connectivity index (χ1n) is 6.39. The number of nitrogens with two attached hydrogens (primary N) is 1. The minimum Gasteiger partial charge on any atom is -0.367 e. The average molecular weight is 339 g/mol. The van der Waals surface area contributed by atoms with Crippen LogP contribution in [0.15, 0.2) is 34.2 Å². The van der Waals surface area contributed by atoms with Crippen molar-refractivity contribution < 1.29 is 4.52 Å². The van der Waals surface area contributed by atoms with Gasteiger partial charge >= 0.3 is 0 Å². The zero-order chi connectivity index (χ0) is 15.0. The van der Waals surface area contributed by atoms with E-state index in [1.54, 1.807) is 29.5 Å². The van der Waals surface area contributed by atoms with Gasteiger partial charge in [0, 0.05) is 5.56 Å². The van der Waals surface area contributed by atoms with Crippen LogP contribution in [-0.2, 0) is 6.42 Å². The number of benzene rings is 1. The zero-order valence-corrected chi connectivity index (χ0v) is 13.5. The number of nitrogens with zero attached hydrogens (tertiary/aromatic N) is 1. The van der Waals surface area contributed by atoms with Crippen LogP contribution in [0.25, 0.3) is 21.7 Å². The first-order valence-corrected chi connectivity index (χ1v) is 8.03. The van der Waals surface area contributed by atoms with Gasteiger partial charge in [0.1, 0.15) is 5.69 Å². The molecule has 0 atom stereocenters. The van der Waals surface area contributed by atoms with Crippen LogP contribution < -0.4 is 5.73 Å². The Labute approximate surface area is 136 Å². The van der Waals surface area contributed by atoms with Crippen molar-refractivity contribution in [3.8, 4) is 21.7 Å². The van der Waals surface area contributed by atoms with Gasteiger partial charge in [-0.1, -0.05) is 41.3 Å². The number of hydrogen-bond acceptors (Lipinski definition) is 4. The number of thiophene rings is 1. The fraction of sp³-hybridized carbons (Fsp3) is 0.133. The third-order valence-corrected chi connectivity index (χ3v) is 4.87. The molecule has 0 unspecified atom stereocenters. The van der Waals surface area contributed by atoms with Crippen molar-refractivity contribution in [3.05, 3.63) is 45.3 Å². The summed E-state index contributed by atoms with van der Waals surface area (Å²) in [6.45, 7) is 2.09. The van der Waals surface area contributed by atoms with Crippen LogP contribution in [0, 0.1) is 0 Å². The highest BCUT2D eigenvalue weighted by atomic mass is 35.5. The van der Waals surface area contributed by atoms with E-state index in [-0.39, 0.29) is 5.88 Å². The number of aromatic nitrogens is 1. The Bertz CT molecular complexity index is 775. The highest BCUT2D eigenvalue weighted by molar-refractivity contribution is 7.13. The minimum absolute atomic E-state index is 0.218. The summed E-state index contributed by atoms with van der Waals surface area (Å²) >= 11 is 14.2. The predicted octanol–water partition coefficient (Wildman–Crippen LogP) is 5.52. The lowest BCUT2D eigenvalue weighted by Crippen LogP contribution is -1.90. The molecule has 3 aromatic rings. The highest BCUT2D eigenvalue weighted by Crippen LogP contribution is 2.45. The van der Waals surface area contributed by atoms with Crippen LogP contribution in [0.2, 0.25) is 10.0 Å². The minimum atomic E-state index is 0.218. The Balaban J connectivity index is 2.28. The molecule has 3 rings (SSSR count).